The van der Waals surface area contributed by atoms with Crippen molar-refractivity contribution < 1.29 is 39.6 Å². The van der Waals surface area contributed by atoms with Crippen molar-refractivity contribution in [3.63, 3.8) is 0 Å². The van der Waals surface area contributed by atoms with E-state index in [1.54, 1.807) is 0 Å². The summed E-state index contributed by atoms with van der Waals surface area (Å²) >= 11 is 0. The Kier molecular flexibility index (Phi) is 40.5. The van der Waals surface area contributed by atoms with Gasteiger partial charge >= 0.3 is 23.9 Å². The average Bonchev–Trinajstić information content (AvgIpc) is 3.16. The van der Waals surface area contributed by atoms with Crippen molar-refractivity contribution in [1.29, 1.82) is 0 Å². The summed E-state index contributed by atoms with van der Waals surface area (Å²) in [7, 11) is 0. The molecule has 336 valence electrons. The average molecular weight is 809 g/mol. The zero-order valence-corrected chi connectivity index (χ0v) is 37.0. The Bertz CT molecular complexity index is 785. The summed E-state index contributed by atoms with van der Waals surface area (Å²) in [5.41, 5.74) is 0.461. The summed E-state index contributed by atoms with van der Waals surface area (Å²) in [6.45, 7) is 0. The summed E-state index contributed by atoms with van der Waals surface area (Å²) in [6.07, 6.45) is 49.7. The van der Waals surface area contributed by atoms with Crippen LogP contribution in [0.4, 0.5) is 0 Å². The van der Waals surface area contributed by atoms with Crippen LogP contribution in [-0.4, -0.2) is 44.3 Å². The third kappa shape index (κ3) is 43.3. The van der Waals surface area contributed by atoms with Gasteiger partial charge in [-0.15, -0.1) is 0 Å². The number of hydrogen-bond donors (Lipinski definition) is 4. The largest absolute Gasteiger partial charge is 0.481 e. The van der Waals surface area contributed by atoms with Gasteiger partial charge in [-0.25, -0.2) is 0 Å². The van der Waals surface area contributed by atoms with Crippen molar-refractivity contribution in [3.8, 4) is 0 Å². The minimum atomic E-state index is -0.680. The van der Waals surface area contributed by atoms with Crippen molar-refractivity contribution in [2.45, 2.75) is 283 Å². The van der Waals surface area contributed by atoms with Crippen LogP contribution in [0.5, 0.6) is 0 Å². The molecule has 4 N–H and O–H groups in total. The molecule has 0 unspecified atom stereocenters. The molecule has 0 aliphatic heterocycles. The smallest absolute Gasteiger partial charge is 0.303 e. The Balaban J connectivity index is 4.97. The zero-order valence-electron chi connectivity index (χ0n) is 37.0. The van der Waals surface area contributed by atoms with E-state index in [1.807, 2.05) is 0 Å². The molecule has 0 aliphatic carbocycles. The first-order valence-corrected chi connectivity index (χ1v) is 24.5. The fraction of sp³-hybridized carbons (Fsp3) is 0.918. The maximum Gasteiger partial charge on any atom is 0.303 e. The first kappa shape index (κ1) is 54.9. The number of carboxylic acids is 4. The topological polar surface area (TPSA) is 149 Å². The summed E-state index contributed by atoms with van der Waals surface area (Å²) in [5.74, 6) is -2.72. The van der Waals surface area contributed by atoms with Gasteiger partial charge in [0.2, 0.25) is 0 Å². The maximum atomic E-state index is 10.8. The van der Waals surface area contributed by atoms with Crippen molar-refractivity contribution in [1.82, 2.24) is 0 Å². The highest BCUT2D eigenvalue weighted by atomic mass is 16.4. The zero-order chi connectivity index (χ0) is 41.9. The van der Waals surface area contributed by atoms with E-state index in [0.29, 0.717) is 31.1 Å². The van der Waals surface area contributed by atoms with Gasteiger partial charge in [0, 0.05) is 25.7 Å². The van der Waals surface area contributed by atoms with Crippen LogP contribution in [-0.2, 0) is 19.2 Å². The second-order valence-electron chi connectivity index (χ2n) is 17.8. The molecule has 0 rings (SSSR count). The van der Waals surface area contributed by atoms with Crippen LogP contribution in [0.25, 0.3) is 0 Å². The number of hydrogen-bond acceptors (Lipinski definition) is 4. The van der Waals surface area contributed by atoms with Crippen LogP contribution in [0.15, 0.2) is 0 Å². The Labute approximate surface area is 350 Å². The fourth-order valence-electron chi connectivity index (χ4n) is 8.80. The number of carbonyl (C=O) groups is 4. The van der Waals surface area contributed by atoms with Gasteiger partial charge in [-0.1, -0.05) is 205 Å². The van der Waals surface area contributed by atoms with Crippen LogP contribution >= 0.6 is 0 Å². The molecule has 0 saturated heterocycles. The maximum absolute atomic E-state index is 10.8. The summed E-state index contributed by atoms with van der Waals surface area (Å²) < 4.78 is 0. The van der Waals surface area contributed by atoms with Gasteiger partial charge in [0.15, 0.2) is 0 Å². The second kappa shape index (κ2) is 42.0. The van der Waals surface area contributed by atoms with E-state index in [1.165, 1.54) is 180 Å². The third-order valence-corrected chi connectivity index (χ3v) is 12.4. The number of aliphatic carboxylic acids is 4. The van der Waals surface area contributed by atoms with Gasteiger partial charge in [-0.05, 0) is 56.8 Å². The van der Waals surface area contributed by atoms with E-state index in [0.717, 1.165) is 77.0 Å². The highest BCUT2D eigenvalue weighted by Gasteiger charge is 2.28. The van der Waals surface area contributed by atoms with Crippen LogP contribution in [0, 0.1) is 5.41 Å². The molecule has 0 atom stereocenters. The normalized spacial score (nSPS) is 11.6. The first-order chi connectivity index (χ1) is 27.7. The Morgan fingerprint density at radius 3 is 0.474 bits per heavy atom. The monoisotopic (exact) mass is 809 g/mol. The lowest BCUT2D eigenvalue weighted by atomic mass is 9.70. The van der Waals surface area contributed by atoms with Crippen molar-refractivity contribution in [2.75, 3.05) is 0 Å². The van der Waals surface area contributed by atoms with Crippen molar-refractivity contribution in [3.05, 3.63) is 0 Å². The number of carboxylic acid groups (broad SMARTS) is 4. The molecular formula is C49H92O8. The Morgan fingerprint density at radius 2 is 0.333 bits per heavy atom. The predicted octanol–water partition coefficient (Wildman–Crippen LogP) is 15.5. The molecular weight excluding hydrogens is 717 g/mol. The van der Waals surface area contributed by atoms with E-state index < -0.39 is 23.9 Å². The molecule has 0 saturated carbocycles. The van der Waals surface area contributed by atoms with Gasteiger partial charge in [0.05, 0.1) is 0 Å². The van der Waals surface area contributed by atoms with E-state index in [9.17, 15) is 19.2 Å². The Hall–Kier alpha value is -2.12. The van der Waals surface area contributed by atoms with Crippen LogP contribution in [0.3, 0.4) is 0 Å². The standard InChI is InChI=1S/C49H92O8/c50-45(51)37-29-21-13-5-1-9-17-25-33-41-49(42-34-26-18-10-2-6-14-22-30-38-46(52)53,43-35-27-19-11-3-7-15-23-31-39-47(54)55)44-36-28-20-12-4-8-16-24-32-40-48(56)57/h1-44H2,(H,50,51)(H,52,53)(H,54,55)(H,56,57). The molecule has 0 aromatic rings. The highest BCUT2D eigenvalue weighted by Crippen LogP contribution is 2.42. The van der Waals surface area contributed by atoms with Gasteiger partial charge in [-0.3, -0.25) is 19.2 Å². The van der Waals surface area contributed by atoms with Gasteiger partial charge in [-0.2, -0.15) is 0 Å². The molecule has 0 bridgehead atoms. The molecule has 0 heterocycles. The molecule has 8 heteroatoms. The number of rotatable bonds is 48. The molecule has 0 fully saturated rings. The predicted molar refractivity (Wildman–Crippen MR) is 236 cm³/mol. The summed E-state index contributed by atoms with van der Waals surface area (Å²) in [4.78, 5) is 43.0. The third-order valence-electron chi connectivity index (χ3n) is 12.4. The molecule has 0 spiro atoms. The SMILES string of the molecule is O=C(O)CCCCCCCCCCCC(CCCCCCCCCCCC(=O)O)(CCCCCCCCCCCC(=O)O)CCCCCCCCCCCC(=O)O. The minimum absolute atomic E-state index is 0.300. The molecule has 0 aromatic heterocycles. The molecule has 0 aliphatic rings. The lowest BCUT2D eigenvalue weighted by molar-refractivity contribution is -0.138. The summed E-state index contributed by atoms with van der Waals surface area (Å²) in [6, 6.07) is 0. The molecule has 0 aromatic carbocycles. The lowest BCUT2D eigenvalue weighted by Gasteiger charge is -2.35. The molecule has 57 heavy (non-hydrogen) atoms. The Morgan fingerprint density at radius 1 is 0.211 bits per heavy atom. The molecule has 8 nitrogen and oxygen atoms in total. The minimum Gasteiger partial charge on any atom is -0.481 e. The summed E-state index contributed by atoms with van der Waals surface area (Å²) in [5, 5.41) is 35.4. The van der Waals surface area contributed by atoms with E-state index in [-0.39, 0.29) is 0 Å². The number of unbranched alkanes of at least 4 members (excludes halogenated alkanes) is 32. The first-order valence-electron chi connectivity index (χ1n) is 24.5. The quantitative estimate of drug-likeness (QED) is 0.0444. The van der Waals surface area contributed by atoms with E-state index in [2.05, 4.69) is 0 Å². The van der Waals surface area contributed by atoms with Crippen LogP contribution < -0.4 is 0 Å². The van der Waals surface area contributed by atoms with Crippen molar-refractivity contribution in [2.24, 2.45) is 5.41 Å². The van der Waals surface area contributed by atoms with E-state index in [4.69, 9.17) is 20.4 Å². The van der Waals surface area contributed by atoms with Gasteiger partial charge < -0.3 is 20.4 Å². The second-order valence-corrected chi connectivity index (χ2v) is 17.8. The van der Waals surface area contributed by atoms with Crippen LogP contribution in [0.1, 0.15) is 283 Å². The molecule has 0 amide bonds. The van der Waals surface area contributed by atoms with E-state index >= 15 is 0 Å². The highest BCUT2D eigenvalue weighted by molar-refractivity contribution is 5.67. The molecule has 0 radical (unpaired) electrons. The lowest BCUT2D eigenvalue weighted by Crippen LogP contribution is -2.21. The van der Waals surface area contributed by atoms with Gasteiger partial charge in [0.1, 0.15) is 0 Å². The van der Waals surface area contributed by atoms with Crippen LogP contribution in [0.2, 0.25) is 0 Å². The van der Waals surface area contributed by atoms with Gasteiger partial charge in [0.25, 0.3) is 0 Å². The van der Waals surface area contributed by atoms with Crippen molar-refractivity contribution >= 4 is 23.9 Å². The fourth-order valence-corrected chi connectivity index (χ4v) is 8.80.